The van der Waals surface area contributed by atoms with Gasteiger partial charge in [-0.25, -0.2) is 4.98 Å². The Morgan fingerprint density at radius 1 is 1.55 bits per heavy atom. The Balaban J connectivity index is 2.01. The van der Waals surface area contributed by atoms with E-state index >= 15 is 0 Å². The lowest BCUT2D eigenvalue weighted by molar-refractivity contribution is -0.145. The minimum absolute atomic E-state index is 0.128. The molecule has 1 unspecified atom stereocenters. The van der Waals surface area contributed by atoms with E-state index in [0.717, 1.165) is 0 Å². The van der Waals surface area contributed by atoms with E-state index in [9.17, 15) is 9.59 Å². The van der Waals surface area contributed by atoms with Crippen LogP contribution in [0.15, 0.2) is 18.2 Å². The van der Waals surface area contributed by atoms with Crippen LogP contribution >= 0.6 is 11.6 Å². The molecule has 1 aromatic rings. The molecule has 1 atom stereocenters. The number of hydrogen-bond acceptors (Lipinski definition) is 5. The Labute approximate surface area is 121 Å². The number of methoxy groups -OCH3 is 1. The molecule has 0 spiro atoms. The molecule has 1 aromatic heterocycles. The van der Waals surface area contributed by atoms with Crippen LogP contribution < -0.4 is 0 Å². The third-order valence-electron chi connectivity index (χ3n) is 2.98. The van der Waals surface area contributed by atoms with Crippen LogP contribution in [0.3, 0.4) is 0 Å². The van der Waals surface area contributed by atoms with E-state index in [1.54, 1.807) is 23.1 Å². The molecule has 0 radical (unpaired) electrons. The summed E-state index contributed by atoms with van der Waals surface area (Å²) in [5, 5.41) is 0.273. The van der Waals surface area contributed by atoms with Crippen LogP contribution in [0, 0.1) is 0 Å². The van der Waals surface area contributed by atoms with Crippen molar-refractivity contribution in [3.05, 3.63) is 29.0 Å². The van der Waals surface area contributed by atoms with E-state index < -0.39 is 0 Å². The molecule has 1 aliphatic heterocycles. The summed E-state index contributed by atoms with van der Waals surface area (Å²) in [7, 11) is 1.32. The Hall–Kier alpha value is -1.66. The lowest BCUT2D eigenvalue weighted by Crippen LogP contribution is -2.46. The molecule has 0 saturated carbocycles. The number of carbonyl (C=O) groups excluding carboxylic acids is 2. The summed E-state index contributed by atoms with van der Waals surface area (Å²) in [5.74, 6) is -0.573. The third-order valence-corrected chi connectivity index (χ3v) is 3.19. The fourth-order valence-corrected chi connectivity index (χ4v) is 2.15. The number of carbonyl (C=O) groups is 2. The zero-order chi connectivity index (χ0) is 14.5. The van der Waals surface area contributed by atoms with E-state index in [-0.39, 0.29) is 35.2 Å². The topological polar surface area (TPSA) is 68.7 Å². The number of ether oxygens (including phenoxy) is 2. The molecule has 1 saturated heterocycles. The van der Waals surface area contributed by atoms with Gasteiger partial charge in [-0.2, -0.15) is 0 Å². The number of esters is 1. The molecule has 0 aromatic carbocycles. The predicted octanol–water partition coefficient (Wildman–Crippen LogP) is 1.14. The van der Waals surface area contributed by atoms with Gasteiger partial charge in [0, 0.05) is 13.1 Å². The van der Waals surface area contributed by atoms with Gasteiger partial charge in [0.2, 0.25) is 0 Å². The van der Waals surface area contributed by atoms with Crippen molar-refractivity contribution in [2.75, 3.05) is 26.8 Å². The number of aromatic nitrogens is 1. The first-order chi connectivity index (χ1) is 9.60. The lowest BCUT2D eigenvalue weighted by Gasteiger charge is -2.32. The Bertz CT molecular complexity index is 509. The van der Waals surface area contributed by atoms with Gasteiger partial charge in [0.1, 0.15) is 10.8 Å². The monoisotopic (exact) mass is 298 g/mol. The fraction of sp³-hybridized carbons (Fsp3) is 0.462. The van der Waals surface area contributed by atoms with Gasteiger partial charge in [-0.1, -0.05) is 17.7 Å². The predicted molar refractivity (Wildman–Crippen MR) is 71.5 cm³/mol. The number of pyridine rings is 1. The van der Waals surface area contributed by atoms with Crippen molar-refractivity contribution in [1.82, 2.24) is 9.88 Å². The SMILES string of the molecule is COC(=O)CC1CN(C(=O)c2cccc(Cl)n2)CCO1. The summed E-state index contributed by atoms with van der Waals surface area (Å²) in [4.78, 5) is 29.1. The molecule has 20 heavy (non-hydrogen) atoms. The van der Waals surface area contributed by atoms with E-state index in [1.807, 2.05) is 0 Å². The molecule has 1 amide bonds. The molecule has 2 rings (SSSR count). The molecule has 0 N–H and O–H groups in total. The smallest absolute Gasteiger partial charge is 0.308 e. The summed E-state index contributed by atoms with van der Waals surface area (Å²) in [6, 6.07) is 4.89. The molecule has 2 heterocycles. The molecule has 0 bridgehead atoms. The summed E-state index contributed by atoms with van der Waals surface area (Å²) in [6.45, 7) is 1.18. The largest absolute Gasteiger partial charge is 0.469 e. The van der Waals surface area contributed by atoms with Gasteiger partial charge < -0.3 is 14.4 Å². The Kier molecular flexibility index (Phi) is 4.92. The van der Waals surface area contributed by atoms with Crippen molar-refractivity contribution in [2.45, 2.75) is 12.5 Å². The van der Waals surface area contributed by atoms with Gasteiger partial charge in [0.15, 0.2) is 0 Å². The van der Waals surface area contributed by atoms with Crippen LogP contribution in [0.1, 0.15) is 16.9 Å². The molecular formula is C13H15ClN2O4. The van der Waals surface area contributed by atoms with Crippen molar-refractivity contribution >= 4 is 23.5 Å². The van der Waals surface area contributed by atoms with Crippen molar-refractivity contribution in [3.8, 4) is 0 Å². The van der Waals surface area contributed by atoms with Crippen LogP contribution in [0.25, 0.3) is 0 Å². The van der Waals surface area contributed by atoms with E-state index in [1.165, 1.54) is 7.11 Å². The van der Waals surface area contributed by atoms with Crippen LogP contribution in [-0.4, -0.2) is 54.7 Å². The van der Waals surface area contributed by atoms with Crippen LogP contribution in [0.4, 0.5) is 0 Å². The highest BCUT2D eigenvalue weighted by Crippen LogP contribution is 2.13. The molecule has 1 aliphatic rings. The second-order valence-electron chi connectivity index (χ2n) is 4.37. The van der Waals surface area contributed by atoms with Crippen molar-refractivity contribution in [3.63, 3.8) is 0 Å². The lowest BCUT2D eigenvalue weighted by atomic mass is 10.2. The molecule has 0 aliphatic carbocycles. The maximum atomic E-state index is 12.3. The van der Waals surface area contributed by atoms with E-state index in [0.29, 0.717) is 19.7 Å². The highest BCUT2D eigenvalue weighted by molar-refractivity contribution is 6.29. The standard InChI is InChI=1S/C13H15ClN2O4/c1-19-12(17)7-9-8-16(5-6-20-9)13(18)10-3-2-4-11(14)15-10/h2-4,9H,5-8H2,1H3. The van der Waals surface area contributed by atoms with Gasteiger partial charge in [-0.3, -0.25) is 9.59 Å². The average Bonchev–Trinajstić information content (AvgIpc) is 2.46. The number of amides is 1. The van der Waals surface area contributed by atoms with Gasteiger partial charge in [0.25, 0.3) is 5.91 Å². The fourth-order valence-electron chi connectivity index (χ4n) is 1.99. The van der Waals surface area contributed by atoms with Crippen molar-refractivity contribution < 1.29 is 19.1 Å². The van der Waals surface area contributed by atoms with E-state index in [2.05, 4.69) is 9.72 Å². The maximum absolute atomic E-state index is 12.3. The molecule has 108 valence electrons. The van der Waals surface area contributed by atoms with Crippen molar-refractivity contribution in [2.24, 2.45) is 0 Å². The second-order valence-corrected chi connectivity index (χ2v) is 4.76. The average molecular weight is 299 g/mol. The van der Waals surface area contributed by atoms with E-state index in [4.69, 9.17) is 16.3 Å². The maximum Gasteiger partial charge on any atom is 0.308 e. The summed E-state index contributed by atoms with van der Waals surface area (Å²) in [6.07, 6.45) is -0.220. The van der Waals surface area contributed by atoms with Crippen LogP contribution in [-0.2, 0) is 14.3 Å². The van der Waals surface area contributed by atoms with Gasteiger partial charge in [-0.15, -0.1) is 0 Å². The normalized spacial score (nSPS) is 18.7. The summed E-state index contributed by atoms with van der Waals surface area (Å²) in [5.41, 5.74) is 0.288. The first-order valence-electron chi connectivity index (χ1n) is 6.20. The summed E-state index contributed by atoms with van der Waals surface area (Å²) >= 11 is 5.78. The van der Waals surface area contributed by atoms with Crippen molar-refractivity contribution in [1.29, 1.82) is 0 Å². The molecule has 1 fully saturated rings. The minimum atomic E-state index is -0.356. The highest BCUT2D eigenvalue weighted by atomic mass is 35.5. The molecular weight excluding hydrogens is 284 g/mol. The third kappa shape index (κ3) is 3.68. The van der Waals surface area contributed by atoms with Crippen LogP contribution in [0.2, 0.25) is 5.15 Å². The Morgan fingerprint density at radius 2 is 2.35 bits per heavy atom. The number of hydrogen-bond donors (Lipinski definition) is 0. The minimum Gasteiger partial charge on any atom is -0.469 e. The number of rotatable bonds is 3. The Morgan fingerprint density at radius 3 is 3.05 bits per heavy atom. The number of morpholine rings is 1. The van der Waals surface area contributed by atoms with Gasteiger partial charge in [-0.05, 0) is 12.1 Å². The van der Waals surface area contributed by atoms with Gasteiger partial charge in [0.05, 0.1) is 26.2 Å². The number of halogens is 1. The second kappa shape index (κ2) is 6.67. The quantitative estimate of drug-likeness (QED) is 0.618. The highest BCUT2D eigenvalue weighted by Gasteiger charge is 2.27. The first-order valence-corrected chi connectivity index (χ1v) is 6.58. The van der Waals surface area contributed by atoms with Gasteiger partial charge >= 0.3 is 5.97 Å². The first kappa shape index (κ1) is 14.7. The number of nitrogens with zero attached hydrogens (tertiary/aromatic N) is 2. The zero-order valence-electron chi connectivity index (χ0n) is 11.0. The zero-order valence-corrected chi connectivity index (χ0v) is 11.8. The van der Waals surface area contributed by atoms with Crippen LogP contribution in [0.5, 0.6) is 0 Å². The summed E-state index contributed by atoms with van der Waals surface area (Å²) < 4.78 is 10.0. The molecule has 6 nitrogen and oxygen atoms in total. The molecule has 7 heteroatoms.